The Kier molecular flexibility index (Phi) is 6.64. The largest absolute Gasteiger partial charge is 0.416 e. The van der Waals surface area contributed by atoms with Gasteiger partial charge in [-0.1, -0.05) is 13.0 Å². The summed E-state index contributed by atoms with van der Waals surface area (Å²) >= 11 is 0. The van der Waals surface area contributed by atoms with Crippen LogP contribution in [0, 0.1) is 0 Å². The molecule has 0 saturated carbocycles. The van der Waals surface area contributed by atoms with Gasteiger partial charge in [0.05, 0.1) is 18.7 Å². The van der Waals surface area contributed by atoms with Gasteiger partial charge in [0.15, 0.2) is 0 Å². The molecule has 0 atom stereocenters. The van der Waals surface area contributed by atoms with Crippen molar-refractivity contribution < 1.29 is 23.1 Å². The first-order valence-electron chi connectivity index (χ1n) is 6.67. The minimum absolute atomic E-state index is 0.0324. The SMILES string of the molecule is CCCN(CCO)CC(=O)Nc1cccc(C(F)(F)F)c1. The lowest BCUT2D eigenvalue weighted by molar-refractivity contribution is -0.137. The van der Waals surface area contributed by atoms with Gasteiger partial charge in [-0.2, -0.15) is 13.2 Å². The number of alkyl halides is 3. The van der Waals surface area contributed by atoms with Gasteiger partial charge in [0.1, 0.15) is 0 Å². The van der Waals surface area contributed by atoms with Crippen LogP contribution in [0.2, 0.25) is 0 Å². The minimum atomic E-state index is -4.44. The fourth-order valence-electron chi connectivity index (χ4n) is 1.90. The number of halogens is 3. The molecular weight excluding hydrogens is 285 g/mol. The Labute approximate surface area is 121 Å². The highest BCUT2D eigenvalue weighted by atomic mass is 19.4. The number of hydrogen-bond donors (Lipinski definition) is 2. The van der Waals surface area contributed by atoms with Gasteiger partial charge in [0, 0.05) is 12.2 Å². The van der Waals surface area contributed by atoms with Gasteiger partial charge in [-0.15, -0.1) is 0 Å². The summed E-state index contributed by atoms with van der Waals surface area (Å²) in [7, 11) is 0. The van der Waals surface area contributed by atoms with E-state index in [4.69, 9.17) is 5.11 Å². The van der Waals surface area contributed by atoms with Gasteiger partial charge in [-0.25, -0.2) is 0 Å². The van der Waals surface area contributed by atoms with Gasteiger partial charge in [0.2, 0.25) is 5.91 Å². The van der Waals surface area contributed by atoms with E-state index in [1.54, 1.807) is 4.90 Å². The molecule has 118 valence electrons. The summed E-state index contributed by atoms with van der Waals surface area (Å²) in [6.45, 7) is 2.89. The van der Waals surface area contributed by atoms with Crippen LogP contribution in [-0.4, -0.2) is 42.2 Å². The highest BCUT2D eigenvalue weighted by Crippen LogP contribution is 2.30. The number of aliphatic hydroxyl groups excluding tert-OH is 1. The molecule has 1 aromatic carbocycles. The van der Waals surface area contributed by atoms with Crippen molar-refractivity contribution in [3.8, 4) is 0 Å². The Morgan fingerprint density at radius 2 is 2.05 bits per heavy atom. The molecule has 7 heteroatoms. The number of nitrogens with one attached hydrogen (secondary N) is 1. The topological polar surface area (TPSA) is 52.6 Å². The third-order valence-corrected chi connectivity index (χ3v) is 2.80. The number of hydrogen-bond acceptors (Lipinski definition) is 3. The molecule has 2 N–H and O–H groups in total. The number of rotatable bonds is 7. The lowest BCUT2D eigenvalue weighted by atomic mass is 10.2. The lowest BCUT2D eigenvalue weighted by Gasteiger charge is -2.20. The average molecular weight is 304 g/mol. The number of anilines is 1. The Bertz CT molecular complexity index is 458. The molecule has 0 aromatic heterocycles. The molecule has 0 radical (unpaired) electrons. The van der Waals surface area contributed by atoms with Crippen molar-refractivity contribution in [1.82, 2.24) is 4.90 Å². The predicted molar refractivity (Wildman–Crippen MR) is 73.9 cm³/mol. The normalized spacial score (nSPS) is 11.7. The maximum Gasteiger partial charge on any atom is 0.416 e. The second-order valence-corrected chi connectivity index (χ2v) is 4.63. The number of carbonyl (C=O) groups is 1. The third-order valence-electron chi connectivity index (χ3n) is 2.80. The van der Waals surface area contributed by atoms with Crippen molar-refractivity contribution in [1.29, 1.82) is 0 Å². The summed E-state index contributed by atoms with van der Waals surface area (Å²) in [6.07, 6.45) is -3.62. The fourth-order valence-corrected chi connectivity index (χ4v) is 1.90. The Morgan fingerprint density at radius 1 is 1.33 bits per heavy atom. The summed E-state index contributed by atoms with van der Waals surface area (Å²) in [5.74, 6) is -0.406. The van der Waals surface area contributed by atoms with Gasteiger partial charge in [-0.3, -0.25) is 9.69 Å². The highest BCUT2D eigenvalue weighted by Gasteiger charge is 2.30. The summed E-state index contributed by atoms with van der Waals surface area (Å²) in [4.78, 5) is 13.6. The molecule has 0 heterocycles. The van der Waals surface area contributed by atoms with Crippen LogP contribution in [0.5, 0.6) is 0 Å². The first kappa shape index (κ1) is 17.5. The Morgan fingerprint density at radius 3 is 2.62 bits per heavy atom. The van der Waals surface area contributed by atoms with E-state index in [9.17, 15) is 18.0 Å². The molecule has 0 aliphatic heterocycles. The van der Waals surface area contributed by atoms with Gasteiger partial charge in [-0.05, 0) is 31.2 Å². The minimum Gasteiger partial charge on any atom is -0.395 e. The molecule has 4 nitrogen and oxygen atoms in total. The highest BCUT2D eigenvalue weighted by molar-refractivity contribution is 5.92. The molecule has 1 rings (SSSR count). The molecule has 0 fully saturated rings. The van der Waals surface area contributed by atoms with E-state index in [-0.39, 0.29) is 18.8 Å². The maximum absolute atomic E-state index is 12.6. The Hall–Kier alpha value is -1.60. The number of carbonyl (C=O) groups excluding carboxylic acids is 1. The summed E-state index contributed by atoms with van der Waals surface area (Å²) < 4.78 is 37.7. The lowest BCUT2D eigenvalue weighted by Crippen LogP contribution is -2.35. The van der Waals surface area contributed by atoms with E-state index in [1.807, 2.05) is 6.92 Å². The molecule has 0 aliphatic rings. The zero-order valence-electron chi connectivity index (χ0n) is 11.8. The number of benzene rings is 1. The van der Waals surface area contributed by atoms with E-state index < -0.39 is 17.6 Å². The number of aliphatic hydroxyl groups is 1. The van der Waals surface area contributed by atoms with Crippen molar-refractivity contribution in [3.05, 3.63) is 29.8 Å². The van der Waals surface area contributed by atoms with Crippen LogP contribution in [0.1, 0.15) is 18.9 Å². The predicted octanol–water partition coefficient (Wildman–Crippen LogP) is 2.35. The third kappa shape index (κ3) is 6.14. The van der Waals surface area contributed by atoms with Crippen molar-refractivity contribution in [3.63, 3.8) is 0 Å². The van der Waals surface area contributed by atoms with E-state index in [0.717, 1.165) is 18.6 Å². The molecule has 1 amide bonds. The molecule has 0 aliphatic carbocycles. The quantitative estimate of drug-likeness (QED) is 0.813. The second kappa shape index (κ2) is 7.99. The monoisotopic (exact) mass is 304 g/mol. The summed E-state index contributed by atoms with van der Waals surface area (Å²) in [5, 5.41) is 11.3. The smallest absolute Gasteiger partial charge is 0.395 e. The summed E-state index contributed by atoms with van der Waals surface area (Å²) in [5.41, 5.74) is -0.698. The van der Waals surface area contributed by atoms with Crippen LogP contribution < -0.4 is 5.32 Å². The second-order valence-electron chi connectivity index (χ2n) is 4.63. The van der Waals surface area contributed by atoms with E-state index in [1.165, 1.54) is 12.1 Å². The first-order valence-corrected chi connectivity index (χ1v) is 6.67. The molecular formula is C14H19F3N2O2. The van der Waals surface area contributed by atoms with Crippen LogP contribution in [-0.2, 0) is 11.0 Å². The van der Waals surface area contributed by atoms with Crippen molar-refractivity contribution in [2.75, 3.05) is 31.6 Å². The average Bonchev–Trinajstić information content (AvgIpc) is 2.38. The standard InChI is InChI=1S/C14H19F3N2O2/c1-2-6-19(7-8-20)10-13(21)18-12-5-3-4-11(9-12)14(15,16)17/h3-5,9,20H,2,6-8,10H2,1H3,(H,18,21). The number of nitrogens with zero attached hydrogens (tertiary/aromatic N) is 1. The van der Waals surface area contributed by atoms with Gasteiger partial charge in [0.25, 0.3) is 0 Å². The van der Waals surface area contributed by atoms with Crippen LogP contribution in [0.4, 0.5) is 18.9 Å². The van der Waals surface area contributed by atoms with E-state index in [2.05, 4.69) is 5.32 Å². The fraction of sp³-hybridized carbons (Fsp3) is 0.500. The van der Waals surface area contributed by atoms with E-state index in [0.29, 0.717) is 13.1 Å². The van der Waals surface area contributed by atoms with Crippen molar-refractivity contribution in [2.24, 2.45) is 0 Å². The zero-order valence-corrected chi connectivity index (χ0v) is 11.8. The van der Waals surface area contributed by atoms with Crippen LogP contribution in [0.15, 0.2) is 24.3 Å². The Balaban J connectivity index is 2.66. The molecule has 0 bridgehead atoms. The van der Waals surface area contributed by atoms with Gasteiger partial charge >= 0.3 is 6.18 Å². The van der Waals surface area contributed by atoms with Crippen molar-refractivity contribution in [2.45, 2.75) is 19.5 Å². The first-order chi connectivity index (χ1) is 9.86. The molecule has 21 heavy (non-hydrogen) atoms. The molecule has 0 spiro atoms. The molecule has 1 aromatic rings. The van der Waals surface area contributed by atoms with Crippen LogP contribution >= 0.6 is 0 Å². The molecule has 0 unspecified atom stereocenters. The number of amides is 1. The zero-order chi connectivity index (χ0) is 15.9. The van der Waals surface area contributed by atoms with Gasteiger partial charge < -0.3 is 10.4 Å². The maximum atomic E-state index is 12.6. The van der Waals surface area contributed by atoms with E-state index >= 15 is 0 Å². The van der Waals surface area contributed by atoms with Crippen LogP contribution in [0.3, 0.4) is 0 Å². The van der Waals surface area contributed by atoms with Crippen LogP contribution in [0.25, 0.3) is 0 Å². The van der Waals surface area contributed by atoms with Crippen molar-refractivity contribution >= 4 is 11.6 Å². The summed E-state index contributed by atoms with van der Waals surface area (Å²) in [6, 6.07) is 4.50. The molecule has 0 saturated heterocycles.